The van der Waals surface area contributed by atoms with Crippen molar-refractivity contribution in [2.24, 2.45) is 5.73 Å². The zero-order valence-corrected chi connectivity index (χ0v) is 6.58. The van der Waals surface area contributed by atoms with Gasteiger partial charge in [-0.3, -0.25) is 4.74 Å². The molecule has 13 heavy (non-hydrogen) atoms. The van der Waals surface area contributed by atoms with Gasteiger partial charge in [-0.2, -0.15) is 0 Å². The molecule has 0 bridgehead atoms. The highest BCUT2D eigenvalue weighted by Gasteiger charge is 2.32. The zero-order valence-electron chi connectivity index (χ0n) is 6.58. The second kappa shape index (κ2) is 3.76. The number of benzene rings is 1. The summed E-state index contributed by atoms with van der Waals surface area (Å²) in [5.41, 5.74) is 5.43. The van der Waals surface area contributed by atoms with Crippen LogP contribution in [0.25, 0.3) is 0 Å². The van der Waals surface area contributed by atoms with Crippen LogP contribution in [0.5, 0.6) is 0 Å². The lowest BCUT2D eigenvalue weighted by atomic mass is 10.2. The Kier molecular flexibility index (Phi) is 2.90. The molecule has 0 spiro atoms. The number of hydrogen-bond donors (Lipinski definition) is 1. The minimum Gasteiger partial charge on any atom is -0.302 e. The van der Waals surface area contributed by atoms with E-state index in [0.29, 0.717) is 5.56 Å². The quantitative estimate of drug-likeness (QED) is 0.727. The lowest BCUT2D eigenvalue weighted by molar-refractivity contribution is -0.344. The summed E-state index contributed by atoms with van der Waals surface area (Å²) in [5.74, 6) is 0. The molecule has 0 aliphatic carbocycles. The molecule has 0 fully saturated rings. The molecule has 0 saturated carbocycles. The van der Waals surface area contributed by atoms with Gasteiger partial charge in [0.2, 0.25) is 0 Å². The lowest BCUT2D eigenvalue weighted by Crippen LogP contribution is -2.23. The van der Waals surface area contributed by atoms with E-state index in [1.54, 1.807) is 18.2 Å². The second-order valence-corrected chi connectivity index (χ2v) is 2.39. The van der Waals surface area contributed by atoms with Crippen LogP contribution in [0.1, 0.15) is 11.8 Å². The van der Waals surface area contributed by atoms with Gasteiger partial charge < -0.3 is 5.73 Å². The van der Waals surface area contributed by atoms with Crippen molar-refractivity contribution in [1.82, 2.24) is 0 Å². The van der Waals surface area contributed by atoms with Crippen LogP contribution in [0, 0.1) is 0 Å². The van der Waals surface area contributed by atoms with Crippen molar-refractivity contribution in [2.75, 3.05) is 0 Å². The van der Waals surface area contributed by atoms with Crippen LogP contribution in [0.15, 0.2) is 30.3 Å². The third kappa shape index (κ3) is 3.43. The van der Waals surface area contributed by atoms with E-state index < -0.39 is 12.6 Å². The number of hydrogen-bond acceptors (Lipinski definition) is 2. The predicted molar refractivity (Wildman–Crippen MR) is 40.5 cm³/mol. The lowest BCUT2D eigenvalue weighted by Gasteiger charge is -2.14. The van der Waals surface area contributed by atoms with E-state index in [2.05, 4.69) is 4.74 Å². The standard InChI is InChI=1S/C8H8F3NO/c9-8(10,11)13-7(12)6-4-2-1-3-5-6/h1-5,7H,12H2. The number of nitrogens with two attached hydrogens (primary N) is 1. The van der Waals surface area contributed by atoms with Gasteiger partial charge in [0.1, 0.15) is 6.23 Å². The minimum atomic E-state index is -4.70. The van der Waals surface area contributed by atoms with Gasteiger partial charge in [-0.05, 0) is 5.56 Å². The molecule has 1 unspecified atom stereocenters. The maximum absolute atomic E-state index is 11.7. The molecule has 0 aliphatic heterocycles. The van der Waals surface area contributed by atoms with Crippen molar-refractivity contribution in [3.05, 3.63) is 35.9 Å². The Bertz CT molecular complexity index is 260. The van der Waals surface area contributed by atoms with Crippen molar-refractivity contribution >= 4 is 0 Å². The largest absolute Gasteiger partial charge is 0.524 e. The van der Waals surface area contributed by atoms with Crippen LogP contribution in [0.2, 0.25) is 0 Å². The first-order valence-corrected chi connectivity index (χ1v) is 3.54. The van der Waals surface area contributed by atoms with E-state index in [-0.39, 0.29) is 0 Å². The fourth-order valence-corrected chi connectivity index (χ4v) is 0.855. The van der Waals surface area contributed by atoms with Crippen LogP contribution < -0.4 is 5.73 Å². The molecule has 72 valence electrons. The third-order valence-corrected chi connectivity index (χ3v) is 1.39. The molecule has 0 radical (unpaired) electrons. The monoisotopic (exact) mass is 191 g/mol. The van der Waals surface area contributed by atoms with Gasteiger partial charge >= 0.3 is 6.36 Å². The summed E-state index contributed by atoms with van der Waals surface area (Å²) in [6, 6.07) is 7.81. The number of rotatable bonds is 2. The highest BCUT2D eigenvalue weighted by Crippen LogP contribution is 2.23. The highest BCUT2D eigenvalue weighted by molar-refractivity contribution is 5.16. The molecule has 2 N–H and O–H groups in total. The van der Waals surface area contributed by atoms with E-state index >= 15 is 0 Å². The van der Waals surface area contributed by atoms with Crippen LogP contribution >= 0.6 is 0 Å². The van der Waals surface area contributed by atoms with E-state index in [0.717, 1.165) is 0 Å². The summed E-state index contributed by atoms with van der Waals surface area (Å²) >= 11 is 0. The minimum absolute atomic E-state index is 0.292. The molecule has 2 nitrogen and oxygen atoms in total. The fourth-order valence-electron chi connectivity index (χ4n) is 0.855. The second-order valence-electron chi connectivity index (χ2n) is 2.39. The Labute approximate surface area is 73.1 Å². The highest BCUT2D eigenvalue weighted by atomic mass is 19.4. The number of ether oxygens (including phenoxy) is 1. The first-order chi connectivity index (χ1) is 5.99. The van der Waals surface area contributed by atoms with Crippen molar-refractivity contribution in [3.8, 4) is 0 Å². The Balaban J connectivity index is 2.64. The molecule has 1 rings (SSSR count). The summed E-state index contributed by atoms with van der Waals surface area (Å²) in [4.78, 5) is 0. The molecule has 0 amide bonds. The van der Waals surface area contributed by atoms with E-state index in [4.69, 9.17) is 5.73 Å². The summed E-state index contributed by atoms with van der Waals surface area (Å²) in [7, 11) is 0. The van der Waals surface area contributed by atoms with Crippen LogP contribution in [0.3, 0.4) is 0 Å². The van der Waals surface area contributed by atoms with E-state index in [1.807, 2.05) is 0 Å². The summed E-state index contributed by atoms with van der Waals surface area (Å²) in [6.07, 6.45) is -6.16. The molecule has 1 aromatic carbocycles. The number of halogens is 3. The summed E-state index contributed by atoms with van der Waals surface area (Å²) < 4.78 is 38.7. The topological polar surface area (TPSA) is 35.2 Å². The first-order valence-electron chi connectivity index (χ1n) is 3.54. The molecular formula is C8H8F3NO. The zero-order chi connectivity index (χ0) is 9.90. The van der Waals surface area contributed by atoms with Gasteiger partial charge in [0.05, 0.1) is 0 Å². The maximum atomic E-state index is 11.7. The van der Waals surface area contributed by atoms with Gasteiger partial charge in [0.15, 0.2) is 0 Å². The van der Waals surface area contributed by atoms with Crippen LogP contribution in [0.4, 0.5) is 13.2 Å². The van der Waals surface area contributed by atoms with Crippen molar-refractivity contribution in [2.45, 2.75) is 12.6 Å². The average molecular weight is 191 g/mol. The first kappa shape index (κ1) is 10.0. The van der Waals surface area contributed by atoms with Crippen molar-refractivity contribution in [3.63, 3.8) is 0 Å². The molecule has 0 saturated heterocycles. The van der Waals surface area contributed by atoms with Gasteiger partial charge in [0.25, 0.3) is 0 Å². The van der Waals surface area contributed by atoms with Crippen LogP contribution in [-0.2, 0) is 4.74 Å². The summed E-state index contributed by atoms with van der Waals surface area (Å²) in [5, 5.41) is 0. The Morgan fingerprint density at radius 1 is 1.15 bits per heavy atom. The molecule has 0 aliphatic rings. The van der Waals surface area contributed by atoms with E-state index in [1.165, 1.54) is 12.1 Å². The molecule has 0 aromatic heterocycles. The van der Waals surface area contributed by atoms with Crippen LogP contribution in [-0.4, -0.2) is 6.36 Å². The van der Waals surface area contributed by atoms with Gasteiger partial charge in [-0.25, -0.2) is 0 Å². The molecule has 0 heterocycles. The van der Waals surface area contributed by atoms with Crippen molar-refractivity contribution in [1.29, 1.82) is 0 Å². The Morgan fingerprint density at radius 2 is 1.69 bits per heavy atom. The molecular weight excluding hydrogens is 183 g/mol. The SMILES string of the molecule is NC(OC(F)(F)F)c1ccccc1. The predicted octanol–water partition coefficient (Wildman–Crippen LogP) is 2.18. The molecule has 5 heteroatoms. The summed E-state index contributed by atoms with van der Waals surface area (Å²) in [6.45, 7) is 0. The Hall–Kier alpha value is -1.07. The van der Waals surface area contributed by atoms with Crippen molar-refractivity contribution < 1.29 is 17.9 Å². The maximum Gasteiger partial charge on any atom is 0.524 e. The molecule has 1 aromatic rings. The normalized spacial score (nSPS) is 14.2. The Morgan fingerprint density at radius 3 is 2.15 bits per heavy atom. The average Bonchev–Trinajstić information content (AvgIpc) is 2.03. The van der Waals surface area contributed by atoms with Gasteiger partial charge in [-0.1, -0.05) is 30.3 Å². The van der Waals surface area contributed by atoms with Gasteiger partial charge in [0, 0.05) is 0 Å². The van der Waals surface area contributed by atoms with E-state index in [9.17, 15) is 13.2 Å². The number of alkyl halides is 3. The fraction of sp³-hybridized carbons (Fsp3) is 0.250. The molecule has 1 atom stereocenters. The third-order valence-electron chi connectivity index (χ3n) is 1.39. The smallest absolute Gasteiger partial charge is 0.302 e. The van der Waals surface area contributed by atoms with Gasteiger partial charge in [-0.15, -0.1) is 13.2 Å².